The van der Waals surface area contributed by atoms with E-state index in [4.69, 9.17) is 4.74 Å². The van der Waals surface area contributed by atoms with Crippen molar-refractivity contribution in [2.24, 2.45) is 0 Å². The third-order valence-electron chi connectivity index (χ3n) is 3.22. The average molecular weight is 304 g/mol. The van der Waals surface area contributed by atoms with Gasteiger partial charge in [-0.05, 0) is 60.1 Å². The lowest BCUT2D eigenvalue weighted by atomic mass is 9.93. The van der Waals surface area contributed by atoms with E-state index < -0.39 is 0 Å². The van der Waals surface area contributed by atoms with Crippen molar-refractivity contribution in [3.05, 3.63) is 20.8 Å². The predicted molar refractivity (Wildman–Crippen MR) is 71.9 cm³/mol. The second-order valence-electron chi connectivity index (χ2n) is 4.27. The van der Waals surface area contributed by atoms with Crippen molar-refractivity contribution in [3.8, 4) is 0 Å². The van der Waals surface area contributed by atoms with Gasteiger partial charge in [-0.25, -0.2) is 0 Å². The molecule has 90 valence electrons. The maximum Gasteiger partial charge on any atom is 0.0824 e. The van der Waals surface area contributed by atoms with E-state index in [0.29, 0.717) is 12.1 Å². The number of ether oxygens (including phenoxy) is 1. The van der Waals surface area contributed by atoms with Crippen LogP contribution < -0.4 is 5.32 Å². The SMILES string of the molecule is CNC1CCC(OCc2sccc2Br)CC1. The van der Waals surface area contributed by atoms with E-state index in [-0.39, 0.29) is 0 Å². The molecule has 1 aliphatic carbocycles. The van der Waals surface area contributed by atoms with Crippen molar-refractivity contribution < 1.29 is 4.74 Å². The zero-order chi connectivity index (χ0) is 11.4. The fraction of sp³-hybridized carbons (Fsp3) is 0.667. The molecular formula is C12H18BrNOS. The quantitative estimate of drug-likeness (QED) is 0.918. The standard InChI is InChI=1S/C12H18BrNOS/c1-14-9-2-4-10(5-3-9)15-8-12-11(13)6-7-16-12/h6-7,9-10,14H,2-5,8H2,1H3. The van der Waals surface area contributed by atoms with Crippen LogP contribution in [0.5, 0.6) is 0 Å². The molecule has 1 aromatic heterocycles. The Balaban J connectivity index is 1.73. The van der Waals surface area contributed by atoms with Crippen LogP contribution in [0.15, 0.2) is 15.9 Å². The Morgan fingerprint density at radius 2 is 2.19 bits per heavy atom. The van der Waals surface area contributed by atoms with Gasteiger partial charge in [0.05, 0.1) is 12.7 Å². The Hall–Kier alpha value is 0.100. The van der Waals surface area contributed by atoms with Crippen molar-refractivity contribution in [1.82, 2.24) is 5.32 Å². The van der Waals surface area contributed by atoms with E-state index >= 15 is 0 Å². The Labute approximate surface area is 110 Å². The number of nitrogens with one attached hydrogen (secondary N) is 1. The van der Waals surface area contributed by atoms with Gasteiger partial charge in [-0.15, -0.1) is 11.3 Å². The Morgan fingerprint density at radius 3 is 2.75 bits per heavy atom. The number of rotatable bonds is 4. The van der Waals surface area contributed by atoms with Crippen LogP contribution in [-0.2, 0) is 11.3 Å². The summed E-state index contributed by atoms with van der Waals surface area (Å²) in [5.74, 6) is 0. The molecule has 0 unspecified atom stereocenters. The highest BCUT2D eigenvalue weighted by Gasteiger charge is 2.20. The van der Waals surface area contributed by atoms with Crippen LogP contribution in [0.2, 0.25) is 0 Å². The zero-order valence-electron chi connectivity index (χ0n) is 9.54. The van der Waals surface area contributed by atoms with Gasteiger partial charge in [0.25, 0.3) is 0 Å². The van der Waals surface area contributed by atoms with E-state index in [2.05, 4.69) is 39.7 Å². The molecule has 0 saturated heterocycles. The van der Waals surface area contributed by atoms with Gasteiger partial charge in [0.15, 0.2) is 0 Å². The molecule has 2 nitrogen and oxygen atoms in total. The molecule has 0 aromatic carbocycles. The lowest BCUT2D eigenvalue weighted by Gasteiger charge is -2.28. The molecule has 1 saturated carbocycles. The van der Waals surface area contributed by atoms with Crippen LogP contribution in [0.4, 0.5) is 0 Å². The molecule has 4 heteroatoms. The summed E-state index contributed by atoms with van der Waals surface area (Å²) in [6, 6.07) is 2.79. The second kappa shape index (κ2) is 6.15. The largest absolute Gasteiger partial charge is 0.373 e. The molecule has 1 aliphatic rings. The molecule has 0 radical (unpaired) electrons. The smallest absolute Gasteiger partial charge is 0.0824 e. The second-order valence-corrected chi connectivity index (χ2v) is 6.12. The highest BCUT2D eigenvalue weighted by molar-refractivity contribution is 9.10. The number of hydrogen-bond donors (Lipinski definition) is 1. The van der Waals surface area contributed by atoms with Gasteiger partial charge in [-0.3, -0.25) is 0 Å². The predicted octanol–water partition coefficient (Wildman–Crippen LogP) is 3.56. The lowest BCUT2D eigenvalue weighted by Crippen LogP contribution is -2.32. The summed E-state index contributed by atoms with van der Waals surface area (Å²) in [7, 11) is 2.05. The summed E-state index contributed by atoms with van der Waals surface area (Å²) in [6.45, 7) is 0.757. The van der Waals surface area contributed by atoms with E-state index in [1.807, 2.05) is 0 Å². The first kappa shape index (κ1) is 12.6. The van der Waals surface area contributed by atoms with E-state index in [9.17, 15) is 0 Å². The number of thiophene rings is 1. The molecule has 0 amide bonds. The number of hydrogen-bond acceptors (Lipinski definition) is 3. The molecule has 0 atom stereocenters. The fourth-order valence-corrected chi connectivity index (χ4v) is 3.53. The van der Waals surface area contributed by atoms with Gasteiger partial charge in [0.2, 0.25) is 0 Å². The van der Waals surface area contributed by atoms with Crippen molar-refractivity contribution in [2.75, 3.05) is 7.05 Å². The molecule has 0 spiro atoms. The molecule has 1 heterocycles. The van der Waals surface area contributed by atoms with Crippen LogP contribution in [0.25, 0.3) is 0 Å². The van der Waals surface area contributed by atoms with Gasteiger partial charge in [0.1, 0.15) is 0 Å². The summed E-state index contributed by atoms with van der Waals surface area (Å²) >= 11 is 5.29. The van der Waals surface area contributed by atoms with Crippen molar-refractivity contribution >= 4 is 27.3 Å². The monoisotopic (exact) mass is 303 g/mol. The van der Waals surface area contributed by atoms with Crippen LogP contribution in [-0.4, -0.2) is 19.2 Å². The summed E-state index contributed by atoms with van der Waals surface area (Å²) in [4.78, 5) is 1.30. The minimum absolute atomic E-state index is 0.457. The third kappa shape index (κ3) is 3.29. The van der Waals surface area contributed by atoms with Crippen LogP contribution in [0.1, 0.15) is 30.6 Å². The first-order valence-corrected chi connectivity index (χ1v) is 7.47. The van der Waals surface area contributed by atoms with E-state index in [0.717, 1.165) is 6.61 Å². The van der Waals surface area contributed by atoms with Crippen molar-refractivity contribution in [2.45, 2.75) is 44.4 Å². The highest BCUT2D eigenvalue weighted by atomic mass is 79.9. The summed E-state index contributed by atoms with van der Waals surface area (Å²) in [6.07, 6.45) is 5.32. The Kier molecular flexibility index (Phi) is 4.82. The first-order chi connectivity index (χ1) is 7.79. The van der Waals surface area contributed by atoms with Gasteiger partial charge in [0, 0.05) is 15.4 Å². The van der Waals surface area contributed by atoms with Crippen LogP contribution in [0, 0.1) is 0 Å². The van der Waals surface area contributed by atoms with Crippen molar-refractivity contribution in [3.63, 3.8) is 0 Å². The van der Waals surface area contributed by atoms with Gasteiger partial charge >= 0.3 is 0 Å². The maximum atomic E-state index is 5.95. The maximum absolute atomic E-state index is 5.95. The normalized spacial score (nSPS) is 25.9. The average Bonchev–Trinajstić information content (AvgIpc) is 2.73. The highest BCUT2D eigenvalue weighted by Crippen LogP contribution is 2.26. The molecular weight excluding hydrogens is 286 g/mol. The van der Waals surface area contributed by atoms with E-state index in [1.54, 1.807) is 11.3 Å². The minimum Gasteiger partial charge on any atom is -0.373 e. The molecule has 1 N–H and O–H groups in total. The van der Waals surface area contributed by atoms with Crippen molar-refractivity contribution in [1.29, 1.82) is 0 Å². The summed E-state index contributed by atoms with van der Waals surface area (Å²) in [5, 5.41) is 5.44. The van der Waals surface area contributed by atoms with E-state index in [1.165, 1.54) is 35.0 Å². The molecule has 1 fully saturated rings. The molecule has 0 aliphatic heterocycles. The minimum atomic E-state index is 0.457. The lowest BCUT2D eigenvalue weighted by molar-refractivity contribution is 0.0129. The van der Waals surface area contributed by atoms with Crippen LogP contribution >= 0.6 is 27.3 Å². The van der Waals surface area contributed by atoms with Gasteiger partial charge in [-0.1, -0.05) is 0 Å². The van der Waals surface area contributed by atoms with Gasteiger partial charge < -0.3 is 10.1 Å². The Bertz CT molecular complexity index is 321. The molecule has 2 rings (SSSR count). The fourth-order valence-electron chi connectivity index (χ4n) is 2.14. The topological polar surface area (TPSA) is 21.3 Å². The van der Waals surface area contributed by atoms with Gasteiger partial charge in [-0.2, -0.15) is 0 Å². The molecule has 16 heavy (non-hydrogen) atoms. The molecule has 1 aromatic rings. The first-order valence-electron chi connectivity index (χ1n) is 5.80. The molecule has 0 bridgehead atoms. The third-order valence-corrected chi connectivity index (χ3v) is 5.12. The summed E-state index contributed by atoms with van der Waals surface area (Å²) < 4.78 is 7.14. The van der Waals surface area contributed by atoms with Crippen LogP contribution in [0.3, 0.4) is 0 Å². The number of halogens is 1. The zero-order valence-corrected chi connectivity index (χ0v) is 11.9. The Morgan fingerprint density at radius 1 is 1.44 bits per heavy atom. The summed E-state index contributed by atoms with van der Waals surface area (Å²) in [5.41, 5.74) is 0.